The van der Waals surface area contributed by atoms with Crippen molar-refractivity contribution in [3.63, 3.8) is 0 Å². The Morgan fingerprint density at radius 1 is 1.26 bits per heavy atom. The standard InChI is InChI=1S/C15H20BrNO2/c1-14(2)13(15(14,3)4)17-12(18)9-6-7-11(19-5)10(16)8-9/h6-8,13H,1-5H3,(H,17,18). The summed E-state index contributed by atoms with van der Waals surface area (Å²) in [6.07, 6.45) is 0. The molecule has 2 rings (SSSR count). The van der Waals surface area contributed by atoms with Gasteiger partial charge in [-0.2, -0.15) is 0 Å². The van der Waals surface area contributed by atoms with E-state index in [1.165, 1.54) is 0 Å². The molecule has 1 aliphatic rings. The van der Waals surface area contributed by atoms with E-state index in [0.29, 0.717) is 5.56 Å². The lowest BCUT2D eigenvalue weighted by atomic mass is 10.0. The summed E-state index contributed by atoms with van der Waals surface area (Å²) in [5, 5.41) is 3.11. The Labute approximate surface area is 122 Å². The molecule has 0 radical (unpaired) electrons. The number of carbonyl (C=O) groups is 1. The lowest BCUT2D eigenvalue weighted by Crippen LogP contribution is -2.29. The van der Waals surface area contributed by atoms with Crippen LogP contribution in [0, 0.1) is 10.8 Å². The Morgan fingerprint density at radius 3 is 2.26 bits per heavy atom. The molecule has 1 amide bonds. The third-order valence-corrected chi connectivity index (χ3v) is 5.33. The lowest BCUT2D eigenvalue weighted by molar-refractivity contribution is 0.0943. The normalized spacial score (nSPS) is 19.9. The van der Waals surface area contributed by atoms with Gasteiger partial charge in [0.25, 0.3) is 5.91 Å². The number of halogens is 1. The van der Waals surface area contributed by atoms with Gasteiger partial charge in [0.05, 0.1) is 11.6 Å². The topological polar surface area (TPSA) is 38.3 Å². The molecule has 0 aromatic heterocycles. The first kappa shape index (κ1) is 14.4. The molecule has 1 saturated carbocycles. The number of carbonyl (C=O) groups excluding carboxylic acids is 1. The minimum absolute atomic E-state index is 0.0352. The highest BCUT2D eigenvalue weighted by molar-refractivity contribution is 9.10. The minimum Gasteiger partial charge on any atom is -0.496 e. The van der Waals surface area contributed by atoms with Gasteiger partial charge in [-0.15, -0.1) is 0 Å². The SMILES string of the molecule is COc1ccc(C(=O)NC2C(C)(C)C2(C)C)cc1Br. The van der Waals surface area contributed by atoms with Gasteiger partial charge in [-0.05, 0) is 45.0 Å². The first-order chi connectivity index (χ1) is 8.71. The molecule has 0 spiro atoms. The van der Waals surface area contributed by atoms with Crippen molar-refractivity contribution < 1.29 is 9.53 Å². The second-order valence-electron chi connectivity index (χ2n) is 6.20. The van der Waals surface area contributed by atoms with Gasteiger partial charge < -0.3 is 10.1 Å². The summed E-state index contributed by atoms with van der Waals surface area (Å²) in [6.45, 7) is 8.73. The van der Waals surface area contributed by atoms with Crippen molar-refractivity contribution in [2.75, 3.05) is 7.11 Å². The molecule has 104 valence electrons. The van der Waals surface area contributed by atoms with Crippen molar-refractivity contribution in [2.45, 2.75) is 33.7 Å². The van der Waals surface area contributed by atoms with E-state index in [2.05, 4.69) is 48.9 Å². The monoisotopic (exact) mass is 325 g/mol. The number of hydrogen-bond acceptors (Lipinski definition) is 2. The zero-order valence-electron chi connectivity index (χ0n) is 12.0. The molecule has 1 aromatic carbocycles. The maximum Gasteiger partial charge on any atom is 0.251 e. The fourth-order valence-electron chi connectivity index (χ4n) is 2.58. The largest absolute Gasteiger partial charge is 0.496 e. The number of nitrogens with one attached hydrogen (secondary N) is 1. The minimum atomic E-state index is -0.0352. The van der Waals surface area contributed by atoms with Crippen LogP contribution in [0.5, 0.6) is 5.75 Å². The summed E-state index contributed by atoms with van der Waals surface area (Å²) >= 11 is 3.40. The van der Waals surface area contributed by atoms with E-state index in [1.54, 1.807) is 25.3 Å². The predicted molar refractivity (Wildman–Crippen MR) is 79.5 cm³/mol. The number of ether oxygens (including phenoxy) is 1. The first-order valence-corrected chi connectivity index (χ1v) is 7.15. The molecule has 0 saturated heterocycles. The lowest BCUT2D eigenvalue weighted by Gasteiger charge is -2.09. The van der Waals surface area contributed by atoms with E-state index in [1.807, 2.05) is 0 Å². The molecular formula is C15H20BrNO2. The van der Waals surface area contributed by atoms with Crippen LogP contribution in [0.15, 0.2) is 22.7 Å². The molecule has 0 bridgehead atoms. The Bertz CT molecular complexity index is 509. The molecule has 0 heterocycles. The molecule has 0 unspecified atom stereocenters. The Balaban J connectivity index is 2.12. The van der Waals surface area contributed by atoms with Crippen LogP contribution in [0.3, 0.4) is 0 Å². The first-order valence-electron chi connectivity index (χ1n) is 6.36. The highest BCUT2D eigenvalue weighted by atomic mass is 79.9. The van der Waals surface area contributed by atoms with Crippen LogP contribution in [0.1, 0.15) is 38.1 Å². The summed E-state index contributed by atoms with van der Waals surface area (Å²) in [7, 11) is 1.61. The van der Waals surface area contributed by atoms with Crippen LogP contribution in [-0.2, 0) is 0 Å². The number of rotatable bonds is 3. The Morgan fingerprint density at radius 2 is 1.84 bits per heavy atom. The van der Waals surface area contributed by atoms with Crippen molar-refractivity contribution in [1.82, 2.24) is 5.32 Å². The number of benzene rings is 1. The second-order valence-corrected chi connectivity index (χ2v) is 7.05. The van der Waals surface area contributed by atoms with Crippen LogP contribution in [-0.4, -0.2) is 19.1 Å². The number of hydrogen-bond donors (Lipinski definition) is 1. The highest BCUT2D eigenvalue weighted by Crippen LogP contribution is 2.62. The molecule has 4 heteroatoms. The van der Waals surface area contributed by atoms with Gasteiger partial charge in [-0.1, -0.05) is 27.7 Å². The molecular weight excluding hydrogens is 306 g/mol. The van der Waals surface area contributed by atoms with Gasteiger partial charge in [0.15, 0.2) is 0 Å². The van der Waals surface area contributed by atoms with Crippen molar-refractivity contribution in [3.8, 4) is 5.75 Å². The highest BCUT2D eigenvalue weighted by Gasteiger charge is 2.65. The van der Waals surface area contributed by atoms with Crippen LogP contribution in [0.25, 0.3) is 0 Å². The zero-order chi connectivity index (χ0) is 14.4. The van der Waals surface area contributed by atoms with Crippen molar-refractivity contribution in [2.24, 2.45) is 10.8 Å². The maximum atomic E-state index is 12.2. The molecule has 1 fully saturated rings. The van der Waals surface area contributed by atoms with E-state index in [0.717, 1.165) is 10.2 Å². The predicted octanol–water partition coefficient (Wildman–Crippen LogP) is 3.62. The van der Waals surface area contributed by atoms with Gasteiger partial charge in [0, 0.05) is 11.6 Å². The second kappa shape index (κ2) is 4.51. The zero-order valence-corrected chi connectivity index (χ0v) is 13.6. The number of amides is 1. The average molecular weight is 326 g/mol. The fourth-order valence-corrected chi connectivity index (χ4v) is 3.12. The van der Waals surface area contributed by atoms with Gasteiger partial charge in [-0.3, -0.25) is 4.79 Å². The van der Waals surface area contributed by atoms with E-state index < -0.39 is 0 Å². The number of methoxy groups -OCH3 is 1. The summed E-state index contributed by atoms with van der Waals surface area (Å²) in [5.41, 5.74) is 0.935. The molecule has 0 atom stereocenters. The summed E-state index contributed by atoms with van der Waals surface area (Å²) in [6, 6.07) is 5.58. The van der Waals surface area contributed by atoms with E-state index in [-0.39, 0.29) is 22.8 Å². The quantitative estimate of drug-likeness (QED) is 0.921. The fraction of sp³-hybridized carbons (Fsp3) is 0.533. The van der Waals surface area contributed by atoms with Crippen molar-refractivity contribution >= 4 is 21.8 Å². The van der Waals surface area contributed by atoms with Crippen molar-refractivity contribution in [3.05, 3.63) is 28.2 Å². The maximum absolute atomic E-state index is 12.2. The van der Waals surface area contributed by atoms with Gasteiger partial charge >= 0.3 is 0 Å². The Kier molecular flexibility index (Phi) is 3.42. The molecule has 19 heavy (non-hydrogen) atoms. The molecule has 1 N–H and O–H groups in total. The summed E-state index contributed by atoms with van der Waals surface area (Å²) in [5.74, 6) is 0.690. The van der Waals surface area contributed by atoms with Crippen LogP contribution in [0.4, 0.5) is 0 Å². The molecule has 1 aliphatic carbocycles. The Hall–Kier alpha value is -1.03. The summed E-state index contributed by atoms with van der Waals surface area (Å²) < 4.78 is 5.95. The van der Waals surface area contributed by atoms with Gasteiger partial charge in [-0.25, -0.2) is 0 Å². The van der Waals surface area contributed by atoms with Gasteiger partial charge in [0.2, 0.25) is 0 Å². The third kappa shape index (κ3) is 2.27. The molecule has 0 aliphatic heterocycles. The summed E-state index contributed by atoms with van der Waals surface area (Å²) in [4.78, 5) is 12.2. The van der Waals surface area contributed by atoms with Crippen LogP contribution >= 0.6 is 15.9 Å². The van der Waals surface area contributed by atoms with Crippen LogP contribution < -0.4 is 10.1 Å². The van der Waals surface area contributed by atoms with E-state index in [4.69, 9.17) is 4.74 Å². The van der Waals surface area contributed by atoms with Gasteiger partial charge in [0.1, 0.15) is 5.75 Å². The van der Waals surface area contributed by atoms with Crippen LogP contribution in [0.2, 0.25) is 0 Å². The molecule has 1 aromatic rings. The van der Waals surface area contributed by atoms with E-state index in [9.17, 15) is 4.79 Å². The van der Waals surface area contributed by atoms with Crippen molar-refractivity contribution in [1.29, 1.82) is 0 Å². The third-order valence-electron chi connectivity index (χ3n) is 4.71. The van der Waals surface area contributed by atoms with E-state index >= 15 is 0 Å². The molecule has 3 nitrogen and oxygen atoms in total. The average Bonchev–Trinajstić information content (AvgIpc) is 2.71. The smallest absolute Gasteiger partial charge is 0.251 e.